The highest BCUT2D eigenvalue weighted by atomic mass is 32.2. The molecule has 160 valence electrons. The number of nitrogens with zero attached hydrogens (tertiary/aromatic N) is 4. The number of thioether (sulfide) groups is 2. The Hall–Kier alpha value is -2.76. The fourth-order valence-electron chi connectivity index (χ4n) is 2.36. The third-order valence-electron chi connectivity index (χ3n) is 4.02. The van der Waals surface area contributed by atoms with Crippen LogP contribution >= 0.6 is 34.9 Å². The summed E-state index contributed by atoms with van der Waals surface area (Å²) in [5.41, 5.74) is 5.94. The predicted octanol–water partition coefficient (Wildman–Crippen LogP) is 4.68. The van der Waals surface area contributed by atoms with E-state index in [1.54, 1.807) is 30.8 Å². The van der Waals surface area contributed by atoms with Crippen LogP contribution in [-0.4, -0.2) is 32.5 Å². The molecule has 0 bridgehead atoms. The maximum atomic E-state index is 12.1. The summed E-state index contributed by atoms with van der Waals surface area (Å²) in [7, 11) is 0. The Kier molecular flexibility index (Phi) is 8.15. The Morgan fingerprint density at radius 2 is 1.87 bits per heavy atom. The van der Waals surface area contributed by atoms with Gasteiger partial charge in [0.15, 0.2) is 8.68 Å². The molecule has 1 aromatic heterocycles. The van der Waals surface area contributed by atoms with E-state index >= 15 is 0 Å². The van der Waals surface area contributed by atoms with E-state index in [9.17, 15) is 14.9 Å². The first-order chi connectivity index (χ1) is 14.9. The van der Waals surface area contributed by atoms with Gasteiger partial charge in [-0.05, 0) is 19.4 Å². The molecule has 3 aromatic rings. The molecule has 1 N–H and O–H groups in total. The van der Waals surface area contributed by atoms with Crippen LogP contribution in [0.2, 0.25) is 0 Å². The van der Waals surface area contributed by atoms with E-state index in [-0.39, 0.29) is 17.3 Å². The first-order valence-corrected chi connectivity index (χ1v) is 11.9. The Morgan fingerprint density at radius 3 is 2.58 bits per heavy atom. The molecule has 2 aromatic carbocycles. The van der Waals surface area contributed by atoms with Crippen LogP contribution in [0.5, 0.6) is 0 Å². The second-order valence-corrected chi connectivity index (χ2v) is 9.86. The second-order valence-electron chi connectivity index (χ2n) is 6.44. The van der Waals surface area contributed by atoms with Crippen molar-refractivity contribution in [2.24, 2.45) is 5.10 Å². The Bertz CT molecular complexity index is 1100. The van der Waals surface area contributed by atoms with Crippen molar-refractivity contribution in [1.82, 2.24) is 15.6 Å². The molecule has 0 aliphatic carbocycles. The number of carbonyl (C=O) groups excluding carboxylic acids is 1. The molecule has 1 heterocycles. The van der Waals surface area contributed by atoms with Crippen molar-refractivity contribution in [2.45, 2.75) is 28.3 Å². The van der Waals surface area contributed by atoms with Crippen molar-refractivity contribution in [2.75, 3.05) is 5.75 Å². The zero-order valence-corrected chi connectivity index (χ0v) is 19.2. The van der Waals surface area contributed by atoms with Crippen molar-refractivity contribution in [3.63, 3.8) is 0 Å². The number of nitrogens with one attached hydrogen (secondary N) is 1. The summed E-state index contributed by atoms with van der Waals surface area (Å²) in [6.45, 7) is 3.73. The predicted molar refractivity (Wildman–Crippen MR) is 125 cm³/mol. The monoisotopic (exact) mass is 473 g/mol. The first-order valence-electron chi connectivity index (χ1n) is 9.13. The number of hydrazone groups is 1. The van der Waals surface area contributed by atoms with Crippen LogP contribution in [0, 0.1) is 17.0 Å². The highest BCUT2D eigenvalue weighted by molar-refractivity contribution is 8.03. The van der Waals surface area contributed by atoms with Crippen LogP contribution in [-0.2, 0) is 10.5 Å². The number of amides is 1. The smallest absolute Gasteiger partial charge is 0.270 e. The molecule has 0 aliphatic rings. The summed E-state index contributed by atoms with van der Waals surface area (Å²) in [6, 6.07) is 14.5. The summed E-state index contributed by atoms with van der Waals surface area (Å²) >= 11 is 4.35. The lowest BCUT2D eigenvalue weighted by Gasteiger charge is -2.02. The van der Waals surface area contributed by atoms with Crippen LogP contribution in [0.4, 0.5) is 5.69 Å². The quantitative estimate of drug-likeness (QED) is 0.208. The minimum atomic E-state index is -0.471. The number of rotatable bonds is 9. The van der Waals surface area contributed by atoms with Crippen LogP contribution in [0.25, 0.3) is 0 Å². The van der Waals surface area contributed by atoms with E-state index < -0.39 is 4.92 Å². The van der Waals surface area contributed by atoms with E-state index in [1.807, 2.05) is 0 Å². The Balaban J connectivity index is 1.46. The molecule has 0 fully saturated rings. The minimum absolute atomic E-state index is 0.0266. The number of carbonyl (C=O) groups is 1. The fourth-order valence-corrected chi connectivity index (χ4v) is 5.13. The molecular formula is C20H19N5O3S3. The van der Waals surface area contributed by atoms with Gasteiger partial charge in [-0.15, -0.1) is 10.2 Å². The zero-order valence-electron chi connectivity index (χ0n) is 16.8. The van der Waals surface area contributed by atoms with Gasteiger partial charge in [-0.25, -0.2) is 5.43 Å². The highest BCUT2D eigenvalue weighted by Crippen LogP contribution is 2.30. The second kappa shape index (κ2) is 11.0. The number of aromatic nitrogens is 2. The highest BCUT2D eigenvalue weighted by Gasteiger charge is 2.10. The maximum Gasteiger partial charge on any atom is 0.270 e. The fraction of sp³-hybridized carbons (Fsp3) is 0.200. The average molecular weight is 474 g/mol. The molecule has 31 heavy (non-hydrogen) atoms. The van der Waals surface area contributed by atoms with E-state index in [4.69, 9.17) is 0 Å². The molecule has 0 saturated heterocycles. The van der Waals surface area contributed by atoms with E-state index in [1.165, 1.54) is 46.4 Å². The summed E-state index contributed by atoms with van der Waals surface area (Å²) in [5.74, 6) is 0.660. The minimum Gasteiger partial charge on any atom is -0.272 e. The van der Waals surface area contributed by atoms with Crippen LogP contribution in [0.15, 0.2) is 62.3 Å². The first kappa shape index (κ1) is 22.9. The number of nitro groups is 1. The molecule has 0 atom stereocenters. The van der Waals surface area contributed by atoms with E-state index in [2.05, 4.69) is 51.9 Å². The van der Waals surface area contributed by atoms with Gasteiger partial charge in [-0.2, -0.15) is 5.10 Å². The standard InChI is InChI=1S/C20H19N5O3S3/c1-13-6-8-15(9-7-13)11-29-19-23-24-20(31-19)30-12-18(26)22-21-14(2)16-4-3-5-17(10-16)25(27)28/h3-10H,11-12H2,1-2H3,(H,22,26). The van der Waals surface area contributed by atoms with Gasteiger partial charge in [0.25, 0.3) is 11.6 Å². The van der Waals surface area contributed by atoms with Gasteiger partial charge in [0, 0.05) is 23.4 Å². The average Bonchev–Trinajstić information content (AvgIpc) is 3.23. The van der Waals surface area contributed by atoms with Gasteiger partial charge >= 0.3 is 0 Å². The molecule has 0 aliphatic heterocycles. The van der Waals surface area contributed by atoms with Crippen molar-refractivity contribution < 1.29 is 9.72 Å². The summed E-state index contributed by atoms with van der Waals surface area (Å²) in [5, 5.41) is 23.2. The van der Waals surface area contributed by atoms with Gasteiger partial charge in [-0.1, -0.05) is 76.8 Å². The molecule has 0 spiro atoms. The van der Waals surface area contributed by atoms with Crippen LogP contribution in [0.1, 0.15) is 23.6 Å². The summed E-state index contributed by atoms with van der Waals surface area (Å²) in [4.78, 5) is 22.5. The topological polar surface area (TPSA) is 110 Å². The van der Waals surface area contributed by atoms with E-state index in [0.717, 1.165) is 10.1 Å². The molecular weight excluding hydrogens is 454 g/mol. The van der Waals surface area contributed by atoms with Gasteiger partial charge < -0.3 is 0 Å². The number of aryl methyl sites for hydroxylation is 1. The Labute approximate surface area is 191 Å². The van der Waals surface area contributed by atoms with Crippen LogP contribution in [0.3, 0.4) is 0 Å². The molecule has 3 rings (SSSR count). The SMILES string of the molecule is CC(=NNC(=O)CSc1nnc(SCc2ccc(C)cc2)s1)c1cccc([N+](=O)[O-])c1. The van der Waals surface area contributed by atoms with Gasteiger partial charge in [-0.3, -0.25) is 14.9 Å². The molecule has 0 saturated carbocycles. The third kappa shape index (κ3) is 7.16. The van der Waals surface area contributed by atoms with Crippen molar-refractivity contribution in [3.05, 3.63) is 75.3 Å². The Morgan fingerprint density at radius 1 is 1.16 bits per heavy atom. The van der Waals surface area contributed by atoms with Gasteiger partial charge in [0.1, 0.15) is 0 Å². The number of non-ortho nitro benzene ring substituents is 1. The van der Waals surface area contributed by atoms with Crippen molar-refractivity contribution in [3.8, 4) is 0 Å². The lowest BCUT2D eigenvalue weighted by atomic mass is 10.1. The summed E-state index contributed by atoms with van der Waals surface area (Å²) < 4.78 is 1.56. The van der Waals surface area contributed by atoms with Crippen LogP contribution < -0.4 is 5.43 Å². The summed E-state index contributed by atoms with van der Waals surface area (Å²) in [6.07, 6.45) is 0. The number of benzene rings is 2. The normalized spacial score (nSPS) is 11.4. The van der Waals surface area contributed by atoms with Crippen molar-refractivity contribution in [1.29, 1.82) is 0 Å². The molecule has 1 amide bonds. The lowest BCUT2D eigenvalue weighted by Crippen LogP contribution is -2.21. The number of hydrogen-bond donors (Lipinski definition) is 1. The zero-order chi connectivity index (χ0) is 22.2. The molecule has 0 unspecified atom stereocenters. The molecule has 0 radical (unpaired) electrons. The van der Waals surface area contributed by atoms with Gasteiger partial charge in [0.2, 0.25) is 0 Å². The number of nitro benzene ring substituents is 1. The number of hydrogen-bond acceptors (Lipinski definition) is 9. The largest absolute Gasteiger partial charge is 0.272 e. The molecule has 11 heteroatoms. The van der Waals surface area contributed by atoms with Crippen molar-refractivity contribution >= 4 is 52.2 Å². The lowest BCUT2D eigenvalue weighted by molar-refractivity contribution is -0.384. The van der Waals surface area contributed by atoms with E-state index in [0.29, 0.717) is 15.6 Å². The maximum absolute atomic E-state index is 12.1. The van der Waals surface area contributed by atoms with Gasteiger partial charge in [0.05, 0.1) is 16.4 Å². The third-order valence-corrected chi connectivity index (χ3v) is 7.28. The molecule has 8 nitrogen and oxygen atoms in total.